The maximum absolute atomic E-state index is 11.4. The molecule has 106 valence electrons. The molecule has 0 atom stereocenters. The van der Waals surface area contributed by atoms with Gasteiger partial charge in [0.25, 0.3) is 0 Å². The van der Waals surface area contributed by atoms with Gasteiger partial charge in [-0.3, -0.25) is 4.79 Å². The number of rotatable bonds is 6. The maximum Gasteiger partial charge on any atom is 0.308 e. The first kappa shape index (κ1) is 15.4. The van der Waals surface area contributed by atoms with E-state index in [9.17, 15) is 4.79 Å². The van der Waals surface area contributed by atoms with E-state index in [-0.39, 0.29) is 17.5 Å². The molecule has 1 rings (SSSR count). The molecule has 0 amide bonds. The molecule has 0 aromatic carbocycles. The molecule has 0 bridgehead atoms. The Morgan fingerprint density at radius 2 is 1.78 bits per heavy atom. The number of methoxy groups -OCH3 is 2. The van der Waals surface area contributed by atoms with Gasteiger partial charge in [0.2, 0.25) is 0 Å². The fraction of sp³-hybridized carbons (Fsp3) is 0.929. The van der Waals surface area contributed by atoms with E-state index in [0.717, 1.165) is 32.1 Å². The lowest BCUT2D eigenvalue weighted by Gasteiger charge is -2.28. The summed E-state index contributed by atoms with van der Waals surface area (Å²) in [6.07, 6.45) is 4.84. The number of hydrogen-bond acceptors (Lipinski definition) is 4. The van der Waals surface area contributed by atoms with Crippen LogP contribution in [-0.4, -0.2) is 38.5 Å². The van der Waals surface area contributed by atoms with Gasteiger partial charge in [-0.05, 0) is 46.0 Å². The predicted octanol–water partition coefficient (Wildman–Crippen LogP) is 2.55. The van der Waals surface area contributed by atoms with Crippen molar-refractivity contribution < 1.29 is 19.0 Å². The third-order valence-electron chi connectivity index (χ3n) is 3.82. The first-order valence-corrected chi connectivity index (χ1v) is 6.73. The molecular formula is C14H26O4. The molecule has 1 saturated carbocycles. The van der Waals surface area contributed by atoms with Crippen LogP contribution >= 0.6 is 0 Å². The van der Waals surface area contributed by atoms with Crippen molar-refractivity contribution in [3.63, 3.8) is 0 Å². The molecule has 0 aliphatic heterocycles. The monoisotopic (exact) mass is 258 g/mol. The van der Waals surface area contributed by atoms with Crippen molar-refractivity contribution in [3.8, 4) is 0 Å². The third kappa shape index (κ3) is 4.94. The number of hydrogen-bond donors (Lipinski definition) is 0. The summed E-state index contributed by atoms with van der Waals surface area (Å²) in [5.74, 6) is -0.000711. The van der Waals surface area contributed by atoms with Crippen LogP contribution in [0.2, 0.25) is 0 Å². The fourth-order valence-electron chi connectivity index (χ4n) is 2.21. The van der Waals surface area contributed by atoms with Gasteiger partial charge in [0.15, 0.2) is 0 Å². The quantitative estimate of drug-likeness (QED) is 0.687. The molecule has 0 saturated heterocycles. The fourth-order valence-corrected chi connectivity index (χ4v) is 2.21. The zero-order chi connectivity index (χ0) is 13.6. The van der Waals surface area contributed by atoms with Crippen molar-refractivity contribution >= 4 is 5.97 Å². The Morgan fingerprint density at radius 3 is 2.28 bits per heavy atom. The zero-order valence-electron chi connectivity index (χ0n) is 12.0. The highest BCUT2D eigenvalue weighted by Crippen LogP contribution is 2.27. The predicted molar refractivity (Wildman–Crippen MR) is 69.4 cm³/mol. The molecule has 1 aliphatic carbocycles. The van der Waals surface area contributed by atoms with Crippen LogP contribution in [0.1, 0.15) is 46.0 Å². The highest BCUT2D eigenvalue weighted by molar-refractivity contribution is 5.72. The molecule has 0 aromatic heterocycles. The Bertz CT molecular complexity index is 255. The topological polar surface area (TPSA) is 44.8 Å². The number of carbonyl (C=O) groups excluding carboxylic acids is 1. The Balaban J connectivity index is 2.18. The minimum absolute atomic E-state index is 0.0743. The van der Waals surface area contributed by atoms with Crippen LogP contribution in [0.5, 0.6) is 0 Å². The minimum Gasteiger partial charge on any atom is -0.469 e. The summed E-state index contributed by atoms with van der Waals surface area (Å²) in [7, 11) is 3.18. The second-order valence-corrected chi connectivity index (χ2v) is 5.58. The van der Waals surface area contributed by atoms with Gasteiger partial charge in [-0.15, -0.1) is 0 Å². The van der Waals surface area contributed by atoms with Gasteiger partial charge in [-0.2, -0.15) is 0 Å². The molecule has 0 radical (unpaired) electrons. The molecule has 0 aromatic rings. The van der Waals surface area contributed by atoms with Gasteiger partial charge >= 0.3 is 5.97 Å². The molecule has 18 heavy (non-hydrogen) atoms. The van der Waals surface area contributed by atoms with Crippen molar-refractivity contribution in [2.24, 2.45) is 5.92 Å². The summed E-state index contributed by atoms with van der Waals surface area (Å²) in [6, 6.07) is 0. The summed E-state index contributed by atoms with van der Waals surface area (Å²) in [5.41, 5.74) is -0.122. The average Bonchev–Trinajstić information content (AvgIpc) is 2.38. The Kier molecular flexibility index (Phi) is 6.09. The largest absolute Gasteiger partial charge is 0.469 e. The number of esters is 1. The Hall–Kier alpha value is -0.610. The molecule has 4 heteroatoms. The lowest BCUT2D eigenvalue weighted by Crippen LogP contribution is -2.29. The summed E-state index contributed by atoms with van der Waals surface area (Å²) in [6.45, 7) is 4.84. The number of ether oxygens (including phenoxy) is 3. The Labute approximate surface area is 110 Å². The molecule has 4 nitrogen and oxygen atoms in total. The molecule has 1 fully saturated rings. The van der Waals surface area contributed by atoms with Crippen LogP contribution < -0.4 is 0 Å². The highest BCUT2D eigenvalue weighted by Gasteiger charge is 2.27. The Morgan fingerprint density at radius 1 is 1.17 bits per heavy atom. The van der Waals surface area contributed by atoms with Crippen molar-refractivity contribution in [1.82, 2.24) is 0 Å². The normalized spacial score (nSPS) is 24.9. The third-order valence-corrected chi connectivity index (χ3v) is 3.82. The van der Waals surface area contributed by atoms with E-state index in [2.05, 4.69) is 13.8 Å². The molecule has 0 unspecified atom stereocenters. The SMILES string of the molecule is COC(=O)C1CCC(OCCC(C)(C)OC)CC1. The number of carbonyl (C=O) groups is 1. The van der Waals surface area contributed by atoms with Gasteiger partial charge in [-0.25, -0.2) is 0 Å². The van der Waals surface area contributed by atoms with Gasteiger partial charge in [0, 0.05) is 13.7 Å². The summed E-state index contributed by atoms with van der Waals surface area (Å²) < 4.78 is 16.0. The van der Waals surface area contributed by atoms with E-state index in [1.807, 2.05) is 0 Å². The second-order valence-electron chi connectivity index (χ2n) is 5.58. The summed E-state index contributed by atoms with van der Waals surface area (Å²) in [4.78, 5) is 11.4. The van der Waals surface area contributed by atoms with E-state index in [0.29, 0.717) is 12.7 Å². The van der Waals surface area contributed by atoms with Gasteiger partial charge < -0.3 is 14.2 Å². The molecule has 0 spiro atoms. The molecule has 0 heterocycles. The first-order chi connectivity index (χ1) is 8.48. The zero-order valence-corrected chi connectivity index (χ0v) is 12.0. The van der Waals surface area contributed by atoms with Crippen molar-refractivity contribution in [1.29, 1.82) is 0 Å². The minimum atomic E-state index is -0.122. The van der Waals surface area contributed by atoms with E-state index >= 15 is 0 Å². The molecular weight excluding hydrogens is 232 g/mol. The van der Waals surface area contributed by atoms with E-state index in [1.165, 1.54) is 7.11 Å². The first-order valence-electron chi connectivity index (χ1n) is 6.73. The van der Waals surface area contributed by atoms with Crippen LogP contribution in [-0.2, 0) is 19.0 Å². The van der Waals surface area contributed by atoms with Crippen LogP contribution in [0.3, 0.4) is 0 Å². The van der Waals surface area contributed by atoms with Crippen molar-refractivity contribution in [2.75, 3.05) is 20.8 Å². The summed E-state index contributed by atoms with van der Waals surface area (Å²) >= 11 is 0. The van der Waals surface area contributed by atoms with Crippen LogP contribution in [0, 0.1) is 5.92 Å². The van der Waals surface area contributed by atoms with E-state index < -0.39 is 0 Å². The highest BCUT2D eigenvalue weighted by atomic mass is 16.5. The average molecular weight is 258 g/mol. The van der Waals surface area contributed by atoms with Gasteiger partial charge in [-0.1, -0.05) is 0 Å². The van der Waals surface area contributed by atoms with Crippen molar-refractivity contribution in [2.45, 2.75) is 57.7 Å². The standard InChI is InChI=1S/C14H26O4/c1-14(2,17-4)9-10-18-12-7-5-11(6-8-12)13(15)16-3/h11-12H,5-10H2,1-4H3. The smallest absolute Gasteiger partial charge is 0.308 e. The maximum atomic E-state index is 11.4. The van der Waals surface area contributed by atoms with Gasteiger partial charge in [0.05, 0.1) is 24.7 Å². The van der Waals surface area contributed by atoms with Gasteiger partial charge in [0.1, 0.15) is 0 Å². The molecule has 1 aliphatic rings. The van der Waals surface area contributed by atoms with E-state index in [4.69, 9.17) is 14.2 Å². The summed E-state index contributed by atoms with van der Waals surface area (Å²) in [5, 5.41) is 0. The van der Waals surface area contributed by atoms with Crippen LogP contribution in [0.15, 0.2) is 0 Å². The van der Waals surface area contributed by atoms with Crippen LogP contribution in [0.25, 0.3) is 0 Å². The van der Waals surface area contributed by atoms with Crippen molar-refractivity contribution in [3.05, 3.63) is 0 Å². The second kappa shape index (κ2) is 7.10. The molecule has 0 N–H and O–H groups in total. The lowest BCUT2D eigenvalue weighted by molar-refractivity contribution is -0.147. The van der Waals surface area contributed by atoms with Crippen LogP contribution in [0.4, 0.5) is 0 Å². The van der Waals surface area contributed by atoms with E-state index in [1.54, 1.807) is 7.11 Å². The lowest BCUT2D eigenvalue weighted by atomic mass is 9.87.